The second-order valence-electron chi connectivity index (χ2n) is 5.05. The Morgan fingerprint density at radius 1 is 1.44 bits per heavy atom. The monoisotopic (exact) mass is 238 g/mol. The fourth-order valence-electron chi connectivity index (χ4n) is 1.57. The highest BCUT2D eigenvalue weighted by atomic mass is 28.4. The van der Waals surface area contributed by atoms with Crippen LogP contribution in [0, 0.1) is 0 Å². The molecule has 0 amide bonds. The van der Waals surface area contributed by atoms with Gasteiger partial charge in [-0.25, -0.2) is 0 Å². The fourth-order valence-corrected chi connectivity index (χ4v) is 2.62. The molecule has 0 fully saturated rings. The second-order valence-corrected chi connectivity index (χ2v) is 9.48. The molecule has 0 aliphatic rings. The standard InChI is InChI=1S/C13H22O2Si/c1-12(15-16(2,3)4)7-5-6-8-13-9-10-14-11-13/h7,9-11H,5-6,8H2,1-4H3/b12-7+. The molecule has 16 heavy (non-hydrogen) atoms. The highest BCUT2D eigenvalue weighted by molar-refractivity contribution is 6.70. The molecule has 0 spiro atoms. The van der Waals surface area contributed by atoms with Crippen molar-refractivity contribution in [3.8, 4) is 0 Å². The van der Waals surface area contributed by atoms with E-state index in [-0.39, 0.29) is 0 Å². The van der Waals surface area contributed by atoms with E-state index in [1.54, 1.807) is 6.26 Å². The molecule has 1 heterocycles. The maximum absolute atomic E-state index is 5.86. The van der Waals surface area contributed by atoms with Crippen molar-refractivity contribution >= 4 is 8.32 Å². The third-order valence-corrected chi connectivity index (χ3v) is 3.08. The van der Waals surface area contributed by atoms with Crippen molar-refractivity contribution in [1.29, 1.82) is 0 Å². The van der Waals surface area contributed by atoms with E-state index in [1.807, 2.05) is 12.3 Å². The van der Waals surface area contributed by atoms with Crippen LogP contribution in [0.1, 0.15) is 25.3 Å². The summed E-state index contributed by atoms with van der Waals surface area (Å²) in [5.74, 6) is 1.08. The van der Waals surface area contributed by atoms with Gasteiger partial charge in [-0.3, -0.25) is 0 Å². The number of hydrogen-bond acceptors (Lipinski definition) is 2. The molecule has 0 aliphatic carbocycles. The smallest absolute Gasteiger partial charge is 0.241 e. The summed E-state index contributed by atoms with van der Waals surface area (Å²) in [6.45, 7) is 8.66. The predicted molar refractivity (Wildman–Crippen MR) is 69.8 cm³/mol. The lowest BCUT2D eigenvalue weighted by atomic mass is 10.1. The Morgan fingerprint density at radius 3 is 2.75 bits per heavy atom. The van der Waals surface area contributed by atoms with Gasteiger partial charge in [0.2, 0.25) is 8.32 Å². The number of unbranched alkanes of at least 4 members (excludes halogenated alkanes) is 1. The van der Waals surface area contributed by atoms with Crippen molar-refractivity contribution in [2.24, 2.45) is 0 Å². The van der Waals surface area contributed by atoms with E-state index in [0.29, 0.717) is 0 Å². The van der Waals surface area contributed by atoms with E-state index in [9.17, 15) is 0 Å². The minimum Gasteiger partial charge on any atom is -0.548 e. The third-order valence-electron chi connectivity index (χ3n) is 2.15. The van der Waals surface area contributed by atoms with Crippen LogP contribution in [0.5, 0.6) is 0 Å². The summed E-state index contributed by atoms with van der Waals surface area (Å²) in [5, 5.41) is 0. The molecule has 0 bridgehead atoms. The lowest BCUT2D eigenvalue weighted by Crippen LogP contribution is -2.24. The first-order chi connectivity index (χ1) is 7.47. The van der Waals surface area contributed by atoms with Crippen LogP contribution in [0.2, 0.25) is 19.6 Å². The summed E-state index contributed by atoms with van der Waals surface area (Å²) in [6.07, 6.45) is 9.03. The van der Waals surface area contributed by atoms with Gasteiger partial charge in [-0.15, -0.1) is 0 Å². The average Bonchev–Trinajstić information content (AvgIpc) is 2.62. The maximum atomic E-state index is 5.86. The van der Waals surface area contributed by atoms with Crippen LogP contribution in [-0.2, 0) is 10.8 Å². The molecule has 3 heteroatoms. The van der Waals surface area contributed by atoms with Gasteiger partial charge in [-0.05, 0) is 63.5 Å². The molecule has 0 saturated heterocycles. The van der Waals surface area contributed by atoms with E-state index >= 15 is 0 Å². The summed E-state index contributed by atoms with van der Waals surface area (Å²) in [5.41, 5.74) is 1.28. The molecule has 0 aromatic carbocycles. The Bertz CT molecular complexity index is 320. The lowest BCUT2D eigenvalue weighted by molar-refractivity contribution is 0.421. The van der Waals surface area contributed by atoms with Crippen molar-refractivity contribution in [3.63, 3.8) is 0 Å². The van der Waals surface area contributed by atoms with Crippen molar-refractivity contribution in [1.82, 2.24) is 0 Å². The molecule has 0 saturated carbocycles. The first-order valence-corrected chi connectivity index (χ1v) is 9.25. The minimum absolute atomic E-state index is 1.07. The van der Waals surface area contributed by atoms with E-state index < -0.39 is 8.32 Å². The number of allylic oxidation sites excluding steroid dienone is 2. The first-order valence-electron chi connectivity index (χ1n) is 5.84. The number of aryl methyl sites for hydroxylation is 1. The molecule has 0 N–H and O–H groups in total. The van der Waals surface area contributed by atoms with Crippen LogP contribution in [-0.4, -0.2) is 8.32 Å². The van der Waals surface area contributed by atoms with Crippen LogP contribution in [0.25, 0.3) is 0 Å². The number of hydrogen-bond donors (Lipinski definition) is 0. The van der Waals surface area contributed by atoms with E-state index in [0.717, 1.165) is 25.0 Å². The quantitative estimate of drug-likeness (QED) is 0.417. The Morgan fingerprint density at radius 2 is 2.19 bits per heavy atom. The van der Waals surface area contributed by atoms with Crippen LogP contribution in [0.15, 0.2) is 34.8 Å². The molecular formula is C13H22O2Si. The molecular weight excluding hydrogens is 216 g/mol. The Labute approximate surface area is 99.4 Å². The van der Waals surface area contributed by atoms with E-state index in [2.05, 4.69) is 32.6 Å². The first kappa shape index (κ1) is 13.1. The molecule has 90 valence electrons. The molecule has 1 aromatic rings. The van der Waals surface area contributed by atoms with E-state index in [1.165, 1.54) is 5.56 Å². The fraction of sp³-hybridized carbons (Fsp3) is 0.538. The lowest BCUT2D eigenvalue weighted by Gasteiger charge is -2.19. The third kappa shape index (κ3) is 5.81. The largest absolute Gasteiger partial charge is 0.548 e. The Hall–Kier alpha value is -0.963. The highest BCUT2D eigenvalue weighted by Crippen LogP contribution is 2.12. The SMILES string of the molecule is C/C(=C\CCCc1ccoc1)O[Si](C)(C)C. The maximum Gasteiger partial charge on any atom is 0.241 e. The summed E-state index contributed by atoms with van der Waals surface area (Å²) >= 11 is 0. The molecule has 0 atom stereocenters. The normalized spacial score (nSPS) is 12.9. The molecule has 1 aromatic heterocycles. The second kappa shape index (κ2) is 5.94. The zero-order valence-electron chi connectivity index (χ0n) is 10.7. The van der Waals surface area contributed by atoms with Crippen LogP contribution >= 0.6 is 0 Å². The molecule has 2 nitrogen and oxygen atoms in total. The Balaban J connectivity index is 2.21. The molecule has 0 unspecified atom stereocenters. The van der Waals surface area contributed by atoms with Gasteiger partial charge in [-0.2, -0.15) is 0 Å². The average molecular weight is 238 g/mol. The van der Waals surface area contributed by atoms with Crippen molar-refractivity contribution in [3.05, 3.63) is 36.0 Å². The van der Waals surface area contributed by atoms with Gasteiger partial charge in [0, 0.05) is 0 Å². The summed E-state index contributed by atoms with van der Waals surface area (Å²) in [4.78, 5) is 0. The summed E-state index contributed by atoms with van der Waals surface area (Å²) in [7, 11) is -1.42. The van der Waals surface area contributed by atoms with Crippen molar-refractivity contribution in [2.45, 2.75) is 45.8 Å². The van der Waals surface area contributed by atoms with Crippen LogP contribution < -0.4 is 0 Å². The Kier molecular flexibility index (Phi) is 4.87. The van der Waals surface area contributed by atoms with Gasteiger partial charge >= 0.3 is 0 Å². The summed E-state index contributed by atoms with van der Waals surface area (Å²) in [6, 6.07) is 2.02. The van der Waals surface area contributed by atoms with Crippen LogP contribution in [0.4, 0.5) is 0 Å². The number of furan rings is 1. The van der Waals surface area contributed by atoms with Crippen molar-refractivity contribution in [2.75, 3.05) is 0 Å². The van der Waals surface area contributed by atoms with Crippen molar-refractivity contribution < 1.29 is 8.84 Å². The van der Waals surface area contributed by atoms with Gasteiger partial charge in [0.05, 0.1) is 18.3 Å². The number of rotatable bonds is 6. The zero-order chi connectivity index (χ0) is 12.0. The van der Waals surface area contributed by atoms with Crippen LogP contribution in [0.3, 0.4) is 0 Å². The predicted octanol–water partition coefficient (Wildman–Crippen LogP) is 4.36. The molecule has 1 rings (SSSR count). The van der Waals surface area contributed by atoms with Gasteiger partial charge in [0.15, 0.2) is 0 Å². The minimum atomic E-state index is -1.42. The highest BCUT2D eigenvalue weighted by Gasteiger charge is 2.15. The van der Waals surface area contributed by atoms with Gasteiger partial charge in [0.25, 0.3) is 0 Å². The molecule has 0 aliphatic heterocycles. The summed E-state index contributed by atoms with van der Waals surface area (Å²) < 4.78 is 10.9. The zero-order valence-corrected chi connectivity index (χ0v) is 11.7. The molecule has 0 radical (unpaired) electrons. The van der Waals surface area contributed by atoms with E-state index in [4.69, 9.17) is 8.84 Å². The van der Waals surface area contributed by atoms with Gasteiger partial charge in [0.1, 0.15) is 0 Å². The van der Waals surface area contributed by atoms with Gasteiger partial charge < -0.3 is 8.84 Å². The topological polar surface area (TPSA) is 22.4 Å². The van der Waals surface area contributed by atoms with Gasteiger partial charge in [-0.1, -0.05) is 0 Å².